The zero-order chi connectivity index (χ0) is 22.8. The second kappa shape index (κ2) is 9.20. The van der Waals surface area contributed by atoms with E-state index in [1.165, 1.54) is 7.05 Å². The number of hydrogen-bond acceptors (Lipinski definition) is 7. The normalized spacial score (nSPS) is 20.7. The largest absolute Gasteiger partial charge is 0.368 e. The van der Waals surface area contributed by atoms with Gasteiger partial charge in [0.1, 0.15) is 18.6 Å². The van der Waals surface area contributed by atoms with Gasteiger partial charge in [-0.25, -0.2) is 0 Å². The number of nitrogens with one attached hydrogen (secondary N) is 1. The summed E-state index contributed by atoms with van der Waals surface area (Å²) in [6.07, 6.45) is 3.65. The number of amides is 3. The summed E-state index contributed by atoms with van der Waals surface area (Å²) in [6.45, 7) is 3.27. The van der Waals surface area contributed by atoms with E-state index < -0.39 is 23.8 Å². The molecule has 0 radical (unpaired) electrons. The third kappa shape index (κ3) is 3.81. The average Bonchev–Trinajstić information content (AvgIpc) is 3.04. The lowest BCUT2D eigenvalue weighted by molar-refractivity contribution is -0.124. The maximum Gasteiger partial charge on any atom is 0.264 e. The molecule has 9 heteroatoms. The van der Waals surface area contributed by atoms with Crippen molar-refractivity contribution in [2.24, 2.45) is 5.92 Å². The van der Waals surface area contributed by atoms with Crippen LogP contribution in [0.3, 0.4) is 0 Å². The number of anilines is 1. The van der Waals surface area contributed by atoms with E-state index in [-0.39, 0.29) is 18.8 Å². The minimum atomic E-state index is -1.02. The van der Waals surface area contributed by atoms with Gasteiger partial charge in [-0.15, -0.1) is 0 Å². The molecule has 3 amide bonds. The van der Waals surface area contributed by atoms with E-state index in [4.69, 9.17) is 0 Å². The molecule has 9 nitrogen and oxygen atoms in total. The van der Waals surface area contributed by atoms with Crippen LogP contribution in [0.4, 0.5) is 5.69 Å². The van der Waals surface area contributed by atoms with Crippen LogP contribution < -0.4 is 10.2 Å². The third-order valence-electron chi connectivity index (χ3n) is 6.83. The molecule has 1 unspecified atom stereocenters. The summed E-state index contributed by atoms with van der Waals surface area (Å²) in [7, 11) is 1.44. The number of hydrogen-bond donors (Lipinski definition) is 1. The molecule has 32 heavy (non-hydrogen) atoms. The van der Waals surface area contributed by atoms with Crippen molar-refractivity contribution in [3.05, 3.63) is 29.3 Å². The average molecular weight is 441 g/mol. The summed E-state index contributed by atoms with van der Waals surface area (Å²) in [5.41, 5.74) is 1.33. The quantitative estimate of drug-likeness (QED) is 0.463. The number of rotatable bonds is 8. The number of likely N-dealkylation sites (N-methyl/N-ethyl adjacent to an activating group) is 1. The molecule has 0 saturated carbocycles. The Balaban J connectivity index is 1.51. The molecular formula is C23H28N4O5. The highest BCUT2D eigenvalue weighted by Crippen LogP contribution is 2.36. The predicted octanol–water partition coefficient (Wildman–Crippen LogP) is 0.476. The fourth-order valence-corrected chi connectivity index (χ4v) is 4.91. The van der Waals surface area contributed by atoms with Crippen molar-refractivity contribution in [1.82, 2.24) is 15.1 Å². The Morgan fingerprint density at radius 3 is 2.50 bits per heavy atom. The lowest BCUT2D eigenvalue weighted by Gasteiger charge is -2.48. The van der Waals surface area contributed by atoms with Crippen LogP contribution in [0, 0.1) is 5.92 Å². The van der Waals surface area contributed by atoms with Crippen LogP contribution in [0.25, 0.3) is 0 Å². The Kier molecular flexibility index (Phi) is 6.36. The summed E-state index contributed by atoms with van der Waals surface area (Å²) in [6, 6.07) is 4.54. The number of piperidine rings is 1. The van der Waals surface area contributed by atoms with Crippen molar-refractivity contribution in [1.29, 1.82) is 0 Å². The third-order valence-corrected chi connectivity index (χ3v) is 6.83. The first-order chi connectivity index (χ1) is 15.5. The van der Waals surface area contributed by atoms with Gasteiger partial charge in [-0.05, 0) is 44.5 Å². The molecule has 0 spiro atoms. The van der Waals surface area contributed by atoms with Crippen LogP contribution in [0.5, 0.6) is 0 Å². The number of carbonyl (C=O) groups is 5. The van der Waals surface area contributed by atoms with E-state index in [9.17, 15) is 24.0 Å². The van der Waals surface area contributed by atoms with Gasteiger partial charge in [-0.2, -0.15) is 0 Å². The lowest BCUT2D eigenvalue weighted by atomic mass is 9.94. The summed E-state index contributed by atoms with van der Waals surface area (Å²) >= 11 is 0. The van der Waals surface area contributed by atoms with E-state index in [0.29, 0.717) is 29.1 Å². The van der Waals surface area contributed by atoms with Crippen LogP contribution in [0.2, 0.25) is 0 Å². The van der Waals surface area contributed by atoms with Gasteiger partial charge < -0.3 is 19.8 Å². The standard InChI is InChI=1S/C23H28N4O5/c1-24-21(30)19(6-3-11-28)27-22(31)17-4-2-5-18(20(17)23(27)32)26-12-16(13-26)25-9-7-15(14-29)8-10-25/h2,4-5,11,14-16,19H,3,6-10,12-13H2,1H3,(H,24,30). The molecule has 1 atom stereocenters. The minimum absolute atomic E-state index is 0.0763. The molecule has 3 heterocycles. The van der Waals surface area contributed by atoms with Crippen molar-refractivity contribution in [3.63, 3.8) is 0 Å². The van der Waals surface area contributed by atoms with Gasteiger partial charge in [0.2, 0.25) is 5.91 Å². The van der Waals surface area contributed by atoms with Gasteiger partial charge in [0, 0.05) is 38.5 Å². The first-order valence-corrected chi connectivity index (χ1v) is 11.1. The topological polar surface area (TPSA) is 107 Å². The zero-order valence-electron chi connectivity index (χ0n) is 18.2. The highest BCUT2D eigenvalue weighted by atomic mass is 16.2. The Labute approximate surface area is 186 Å². The van der Waals surface area contributed by atoms with Gasteiger partial charge in [0.25, 0.3) is 11.8 Å². The van der Waals surface area contributed by atoms with E-state index >= 15 is 0 Å². The first kappa shape index (κ1) is 22.1. The van der Waals surface area contributed by atoms with E-state index in [2.05, 4.69) is 15.1 Å². The monoisotopic (exact) mass is 440 g/mol. The summed E-state index contributed by atoms with van der Waals surface area (Å²) in [4.78, 5) is 66.1. The van der Waals surface area contributed by atoms with Gasteiger partial charge in [-0.1, -0.05) is 6.07 Å². The van der Waals surface area contributed by atoms with Gasteiger partial charge in [-0.3, -0.25) is 24.2 Å². The molecule has 4 rings (SSSR count). The van der Waals surface area contributed by atoms with Crippen LogP contribution in [0.15, 0.2) is 18.2 Å². The van der Waals surface area contributed by atoms with Crippen molar-refractivity contribution >= 4 is 36.0 Å². The molecule has 0 bridgehead atoms. The van der Waals surface area contributed by atoms with E-state index in [0.717, 1.165) is 50.2 Å². The fraction of sp³-hybridized carbons (Fsp3) is 0.522. The molecule has 3 aliphatic rings. The number of nitrogens with zero attached hydrogens (tertiary/aromatic N) is 3. The molecule has 2 saturated heterocycles. The van der Waals surface area contributed by atoms with Crippen molar-refractivity contribution in [2.75, 3.05) is 38.1 Å². The van der Waals surface area contributed by atoms with Crippen LogP contribution in [-0.2, 0) is 14.4 Å². The molecule has 0 aromatic heterocycles. The van der Waals surface area contributed by atoms with Crippen molar-refractivity contribution in [2.45, 2.75) is 37.8 Å². The summed E-state index contributed by atoms with van der Waals surface area (Å²) in [5, 5.41) is 2.49. The smallest absolute Gasteiger partial charge is 0.264 e. The maximum atomic E-state index is 13.3. The van der Waals surface area contributed by atoms with Crippen molar-refractivity contribution in [3.8, 4) is 0 Å². The molecule has 170 valence electrons. The predicted molar refractivity (Wildman–Crippen MR) is 116 cm³/mol. The molecule has 1 aromatic rings. The molecule has 1 aromatic carbocycles. The molecule has 1 N–H and O–H groups in total. The molecule has 0 aliphatic carbocycles. The number of aldehydes is 2. The number of benzene rings is 1. The van der Waals surface area contributed by atoms with E-state index in [1.54, 1.807) is 12.1 Å². The Bertz CT molecular complexity index is 934. The maximum absolute atomic E-state index is 13.3. The first-order valence-electron chi connectivity index (χ1n) is 11.1. The number of likely N-dealkylation sites (tertiary alicyclic amines) is 1. The lowest BCUT2D eigenvalue weighted by Crippen LogP contribution is -2.61. The van der Waals surface area contributed by atoms with Crippen LogP contribution >= 0.6 is 0 Å². The second-order valence-corrected chi connectivity index (χ2v) is 8.62. The van der Waals surface area contributed by atoms with E-state index in [1.807, 2.05) is 6.07 Å². The Hall–Kier alpha value is -3.07. The van der Waals surface area contributed by atoms with Gasteiger partial charge >= 0.3 is 0 Å². The minimum Gasteiger partial charge on any atom is -0.368 e. The zero-order valence-corrected chi connectivity index (χ0v) is 18.2. The number of fused-ring (bicyclic) bond motifs is 1. The Morgan fingerprint density at radius 1 is 1.16 bits per heavy atom. The van der Waals surface area contributed by atoms with Gasteiger partial charge in [0.05, 0.1) is 16.8 Å². The van der Waals surface area contributed by atoms with Crippen LogP contribution in [0.1, 0.15) is 46.4 Å². The van der Waals surface area contributed by atoms with Crippen molar-refractivity contribution < 1.29 is 24.0 Å². The highest BCUT2D eigenvalue weighted by molar-refractivity contribution is 6.25. The van der Waals surface area contributed by atoms with Gasteiger partial charge in [0.15, 0.2) is 0 Å². The summed E-state index contributed by atoms with van der Waals surface area (Å²) < 4.78 is 0. The SMILES string of the molecule is CNC(=O)C(CCC=O)N1C(=O)c2cccc(N3CC(N4CCC(C=O)CC4)C3)c2C1=O. The molecule has 2 fully saturated rings. The van der Waals surface area contributed by atoms with Crippen LogP contribution in [-0.4, -0.2) is 85.4 Å². The second-order valence-electron chi connectivity index (χ2n) is 8.62. The highest BCUT2D eigenvalue weighted by Gasteiger charge is 2.45. The number of imide groups is 1. The molecular weight excluding hydrogens is 412 g/mol. The summed E-state index contributed by atoms with van der Waals surface area (Å²) in [5.74, 6) is -1.30. The molecule has 3 aliphatic heterocycles. The number of carbonyl (C=O) groups excluding carboxylic acids is 5. The Morgan fingerprint density at radius 2 is 1.88 bits per heavy atom. The fourth-order valence-electron chi connectivity index (χ4n) is 4.91.